The molecule has 1 rings (SSSR count). The fourth-order valence-corrected chi connectivity index (χ4v) is 1.79. The van der Waals surface area contributed by atoms with Crippen LogP contribution >= 0.6 is 12.2 Å². The third-order valence-electron chi connectivity index (χ3n) is 2.33. The third-order valence-corrected chi connectivity index (χ3v) is 2.46. The van der Waals surface area contributed by atoms with E-state index in [1.54, 1.807) is 0 Å². The Balaban J connectivity index is 2.24. The van der Waals surface area contributed by atoms with Gasteiger partial charge in [0.1, 0.15) is 0 Å². The van der Waals surface area contributed by atoms with Gasteiger partial charge in [0.25, 0.3) is 0 Å². The normalized spacial score (nSPS) is 25.7. The van der Waals surface area contributed by atoms with Crippen LogP contribution in [0.15, 0.2) is 0 Å². The fourth-order valence-electron chi connectivity index (χ4n) is 1.61. The summed E-state index contributed by atoms with van der Waals surface area (Å²) in [7, 11) is 0. The Bertz CT molecular complexity index is 147. The van der Waals surface area contributed by atoms with Gasteiger partial charge in [0.05, 0.1) is 4.99 Å². The molecule has 1 saturated heterocycles. The van der Waals surface area contributed by atoms with Gasteiger partial charge in [-0.1, -0.05) is 25.6 Å². The van der Waals surface area contributed by atoms with Crippen LogP contribution in [0, 0.1) is 5.92 Å². The van der Waals surface area contributed by atoms with Crippen molar-refractivity contribution in [1.29, 1.82) is 0 Å². The van der Waals surface area contributed by atoms with E-state index in [2.05, 4.69) is 11.8 Å². The molecule has 1 aliphatic rings. The molecule has 0 aromatic carbocycles. The molecule has 0 aromatic heterocycles. The van der Waals surface area contributed by atoms with Crippen molar-refractivity contribution in [3.05, 3.63) is 0 Å². The van der Waals surface area contributed by atoms with E-state index in [9.17, 15) is 0 Å². The lowest BCUT2D eigenvalue weighted by atomic mass is 10.1. The summed E-state index contributed by atoms with van der Waals surface area (Å²) in [6.45, 7) is 5.42. The number of thiocarbonyl (C=S) groups is 1. The third kappa shape index (κ3) is 2.75. The van der Waals surface area contributed by atoms with Crippen molar-refractivity contribution in [3.63, 3.8) is 0 Å². The molecule has 0 saturated carbocycles. The van der Waals surface area contributed by atoms with Gasteiger partial charge in [0.2, 0.25) is 0 Å². The Kier molecular flexibility index (Phi) is 3.27. The zero-order valence-electron chi connectivity index (χ0n) is 7.05. The molecular formula is C8H16N2S. The number of rotatable bonds is 3. The maximum absolute atomic E-state index is 5.45. The molecular weight excluding hydrogens is 156 g/mol. The highest BCUT2D eigenvalue weighted by Crippen LogP contribution is 2.18. The van der Waals surface area contributed by atoms with Crippen LogP contribution in [0.5, 0.6) is 0 Å². The second kappa shape index (κ2) is 4.02. The van der Waals surface area contributed by atoms with Crippen LogP contribution < -0.4 is 5.73 Å². The second-order valence-electron chi connectivity index (χ2n) is 3.26. The van der Waals surface area contributed by atoms with Crippen LogP contribution in [0.25, 0.3) is 0 Å². The Labute approximate surface area is 73.7 Å². The van der Waals surface area contributed by atoms with Crippen molar-refractivity contribution in [3.8, 4) is 0 Å². The van der Waals surface area contributed by atoms with Crippen molar-refractivity contribution in [2.24, 2.45) is 11.7 Å². The van der Waals surface area contributed by atoms with Crippen molar-refractivity contribution < 1.29 is 0 Å². The molecule has 0 aliphatic carbocycles. The molecule has 0 radical (unpaired) electrons. The zero-order chi connectivity index (χ0) is 8.27. The Morgan fingerprint density at radius 3 is 2.91 bits per heavy atom. The van der Waals surface area contributed by atoms with Crippen LogP contribution in [-0.2, 0) is 0 Å². The lowest BCUT2D eigenvalue weighted by molar-refractivity contribution is 0.367. The zero-order valence-corrected chi connectivity index (χ0v) is 7.86. The lowest BCUT2D eigenvalue weighted by Gasteiger charge is -2.13. The van der Waals surface area contributed by atoms with E-state index in [1.807, 2.05) is 0 Å². The highest BCUT2D eigenvalue weighted by molar-refractivity contribution is 7.80. The molecule has 1 fully saturated rings. The van der Waals surface area contributed by atoms with Crippen LogP contribution in [0.4, 0.5) is 0 Å². The predicted octanol–water partition coefficient (Wildman–Crippen LogP) is 1.00. The smallest absolute Gasteiger partial charge is 0.0870 e. The minimum Gasteiger partial charge on any atom is -0.392 e. The average Bonchev–Trinajstić information content (AvgIpc) is 2.34. The van der Waals surface area contributed by atoms with E-state index in [4.69, 9.17) is 18.0 Å². The Morgan fingerprint density at radius 2 is 2.45 bits per heavy atom. The highest BCUT2D eigenvalue weighted by Gasteiger charge is 2.20. The molecule has 1 aliphatic heterocycles. The van der Waals surface area contributed by atoms with Crippen LogP contribution in [0.1, 0.15) is 19.8 Å². The minimum atomic E-state index is 0.627. The Hall–Kier alpha value is -0.150. The van der Waals surface area contributed by atoms with Crippen molar-refractivity contribution in [2.45, 2.75) is 19.8 Å². The first-order valence-corrected chi connectivity index (χ1v) is 4.64. The maximum Gasteiger partial charge on any atom is 0.0870 e. The summed E-state index contributed by atoms with van der Waals surface area (Å²) in [5.41, 5.74) is 5.45. The van der Waals surface area contributed by atoms with Gasteiger partial charge in [0.15, 0.2) is 0 Å². The SMILES string of the molecule is CCC1CCN(CC(N)=S)C1. The molecule has 0 bridgehead atoms. The van der Waals surface area contributed by atoms with Gasteiger partial charge < -0.3 is 5.73 Å². The van der Waals surface area contributed by atoms with Crippen LogP contribution in [0.2, 0.25) is 0 Å². The van der Waals surface area contributed by atoms with Crippen molar-refractivity contribution >= 4 is 17.2 Å². The molecule has 64 valence electrons. The molecule has 1 atom stereocenters. The molecule has 0 spiro atoms. The van der Waals surface area contributed by atoms with Crippen LogP contribution in [0.3, 0.4) is 0 Å². The molecule has 0 amide bonds. The number of hydrogen-bond donors (Lipinski definition) is 1. The lowest BCUT2D eigenvalue weighted by Crippen LogP contribution is -2.30. The second-order valence-corrected chi connectivity index (χ2v) is 3.79. The topological polar surface area (TPSA) is 29.3 Å². The molecule has 1 unspecified atom stereocenters. The number of likely N-dealkylation sites (tertiary alicyclic amines) is 1. The van der Waals surface area contributed by atoms with E-state index >= 15 is 0 Å². The molecule has 0 aromatic rings. The maximum atomic E-state index is 5.45. The predicted molar refractivity (Wildman–Crippen MR) is 51.6 cm³/mol. The first kappa shape index (κ1) is 8.94. The molecule has 2 N–H and O–H groups in total. The van der Waals surface area contributed by atoms with Gasteiger partial charge in [-0.3, -0.25) is 4.90 Å². The largest absolute Gasteiger partial charge is 0.392 e. The number of nitrogens with two attached hydrogens (primary N) is 1. The summed E-state index contributed by atoms with van der Waals surface area (Å²) in [5.74, 6) is 0.879. The van der Waals surface area contributed by atoms with Crippen LogP contribution in [-0.4, -0.2) is 29.5 Å². The van der Waals surface area contributed by atoms with Gasteiger partial charge in [-0.15, -0.1) is 0 Å². The molecule has 2 nitrogen and oxygen atoms in total. The van der Waals surface area contributed by atoms with E-state index in [-0.39, 0.29) is 0 Å². The Morgan fingerprint density at radius 1 is 1.73 bits per heavy atom. The quantitative estimate of drug-likeness (QED) is 0.644. The summed E-state index contributed by atoms with van der Waals surface area (Å²) < 4.78 is 0. The summed E-state index contributed by atoms with van der Waals surface area (Å²) in [4.78, 5) is 2.97. The van der Waals surface area contributed by atoms with Gasteiger partial charge >= 0.3 is 0 Å². The number of hydrogen-bond acceptors (Lipinski definition) is 2. The first-order chi connectivity index (χ1) is 5.22. The average molecular weight is 172 g/mol. The number of nitrogens with zero attached hydrogens (tertiary/aromatic N) is 1. The van der Waals surface area contributed by atoms with Gasteiger partial charge in [-0.25, -0.2) is 0 Å². The standard InChI is InChI=1S/C8H16N2S/c1-2-7-3-4-10(5-7)6-8(9)11/h7H,2-6H2,1H3,(H2,9,11). The molecule has 3 heteroatoms. The van der Waals surface area contributed by atoms with E-state index < -0.39 is 0 Å². The summed E-state index contributed by atoms with van der Waals surface area (Å²) >= 11 is 4.84. The first-order valence-electron chi connectivity index (χ1n) is 4.23. The van der Waals surface area contributed by atoms with E-state index in [1.165, 1.54) is 25.9 Å². The minimum absolute atomic E-state index is 0.627. The van der Waals surface area contributed by atoms with Gasteiger partial charge in [-0.05, 0) is 18.9 Å². The fraction of sp³-hybridized carbons (Fsp3) is 0.875. The van der Waals surface area contributed by atoms with Gasteiger partial charge in [0, 0.05) is 13.1 Å². The molecule has 11 heavy (non-hydrogen) atoms. The highest BCUT2D eigenvalue weighted by atomic mass is 32.1. The summed E-state index contributed by atoms with van der Waals surface area (Å²) in [6.07, 6.45) is 2.60. The van der Waals surface area contributed by atoms with Crippen molar-refractivity contribution in [1.82, 2.24) is 4.90 Å². The van der Waals surface area contributed by atoms with E-state index in [0.29, 0.717) is 4.99 Å². The monoisotopic (exact) mass is 172 g/mol. The summed E-state index contributed by atoms with van der Waals surface area (Å²) in [6, 6.07) is 0. The van der Waals surface area contributed by atoms with Gasteiger partial charge in [-0.2, -0.15) is 0 Å². The van der Waals surface area contributed by atoms with Crippen molar-refractivity contribution in [2.75, 3.05) is 19.6 Å². The molecule has 1 heterocycles. The summed E-state index contributed by atoms with van der Waals surface area (Å²) in [5, 5.41) is 0. The van der Waals surface area contributed by atoms with E-state index in [0.717, 1.165) is 12.5 Å².